The molecule has 0 bridgehead atoms. The van der Waals surface area contributed by atoms with Crippen molar-refractivity contribution in [2.45, 2.75) is 54.0 Å². The number of carbonyl (C=O) groups excluding carboxylic acids is 1. The number of aliphatic hydroxyl groups excluding tert-OH is 1. The number of aromatic hydroxyl groups is 2. The van der Waals surface area contributed by atoms with Crippen LogP contribution in [0.1, 0.15) is 53.0 Å². The number of pyridine rings is 2. The number of phenols is 2. The zero-order chi connectivity index (χ0) is 30.3. The van der Waals surface area contributed by atoms with E-state index in [9.17, 15) is 10.2 Å². The van der Waals surface area contributed by atoms with Crippen molar-refractivity contribution < 1.29 is 20.1 Å². The summed E-state index contributed by atoms with van der Waals surface area (Å²) in [6.07, 6.45) is 5.67. The first-order valence-electron chi connectivity index (χ1n) is 13.6. The molecule has 0 aliphatic heterocycles. The highest BCUT2D eigenvalue weighted by Gasteiger charge is 2.06. The normalized spacial score (nSPS) is 9.93. The van der Waals surface area contributed by atoms with Gasteiger partial charge in [-0.15, -0.1) is 0 Å². The minimum absolute atomic E-state index is 0.239. The monoisotopic (exact) mass is 552 g/mol. The Morgan fingerprint density at radius 3 is 1.85 bits per heavy atom. The molecule has 0 unspecified atom stereocenters. The van der Waals surface area contributed by atoms with Gasteiger partial charge in [0.15, 0.2) is 0 Å². The Balaban J connectivity index is 0.000000587. The Morgan fingerprint density at radius 1 is 0.825 bits per heavy atom. The van der Waals surface area contributed by atoms with Crippen LogP contribution in [0.5, 0.6) is 11.5 Å². The van der Waals surface area contributed by atoms with Crippen molar-refractivity contribution in [3.05, 3.63) is 72.6 Å². The summed E-state index contributed by atoms with van der Waals surface area (Å²) in [5, 5.41) is 32.3. The van der Waals surface area contributed by atoms with Gasteiger partial charge in [0.1, 0.15) is 29.3 Å². The average Bonchev–Trinajstić information content (AvgIpc) is 2.95. The third-order valence-corrected chi connectivity index (χ3v) is 5.40. The summed E-state index contributed by atoms with van der Waals surface area (Å²) in [7, 11) is 0. The number of nitrogens with zero attached hydrogens (tertiary/aromatic N) is 2. The number of aliphatic hydroxyl groups is 1. The molecule has 0 radical (unpaired) electrons. The second kappa shape index (κ2) is 22.2. The highest BCUT2D eigenvalue weighted by Crippen LogP contribution is 2.26. The topological polar surface area (TPSA) is 142 Å². The van der Waals surface area contributed by atoms with Crippen molar-refractivity contribution in [2.75, 3.05) is 19.7 Å². The summed E-state index contributed by atoms with van der Waals surface area (Å²) in [5.74, 6) is 2.01. The van der Waals surface area contributed by atoms with Crippen LogP contribution in [-0.4, -0.2) is 51.8 Å². The van der Waals surface area contributed by atoms with E-state index in [1.54, 1.807) is 31.5 Å². The van der Waals surface area contributed by atoms with E-state index in [0.717, 1.165) is 48.2 Å². The molecule has 2 aromatic heterocycles. The summed E-state index contributed by atoms with van der Waals surface area (Å²) < 4.78 is 0. The fraction of sp³-hybridized carbons (Fsp3) is 0.406. The van der Waals surface area contributed by atoms with Gasteiger partial charge in [0.25, 0.3) is 0 Å². The number of carbonyl (C=O) groups is 1. The van der Waals surface area contributed by atoms with Crippen molar-refractivity contribution in [1.29, 1.82) is 0 Å². The molecule has 0 amide bonds. The van der Waals surface area contributed by atoms with Crippen LogP contribution in [0.15, 0.2) is 67.0 Å². The zero-order valence-corrected chi connectivity index (χ0v) is 24.7. The smallest absolute Gasteiger partial charge is 0.146 e. The molecule has 8 nitrogen and oxygen atoms in total. The first-order valence-corrected chi connectivity index (χ1v) is 13.6. The Bertz CT molecular complexity index is 1200. The van der Waals surface area contributed by atoms with Gasteiger partial charge in [0, 0.05) is 41.9 Å². The fourth-order valence-corrected chi connectivity index (χ4v) is 3.35. The van der Waals surface area contributed by atoms with Gasteiger partial charge in [-0.25, -0.2) is 0 Å². The highest BCUT2D eigenvalue weighted by atomic mass is 16.3. The van der Waals surface area contributed by atoms with Gasteiger partial charge < -0.3 is 31.2 Å². The molecule has 220 valence electrons. The van der Waals surface area contributed by atoms with Crippen LogP contribution >= 0.6 is 0 Å². The number of rotatable bonds is 7. The van der Waals surface area contributed by atoms with Crippen LogP contribution in [0, 0.1) is 11.8 Å². The molecule has 0 atom stereocenters. The van der Waals surface area contributed by atoms with Gasteiger partial charge in [-0.1, -0.05) is 64.1 Å². The van der Waals surface area contributed by atoms with Crippen molar-refractivity contribution in [3.8, 4) is 11.5 Å². The van der Waals surface area contributed by atoms with Crippen LogP contribution in [0.3, 0.4) is 0 Å². The van der Waals surface area contributed by atoms with E-state index in [2.05, 4.69) is 43.0 Å². The summed E-state index contributed by atoms with van der Waals surface area (Å²) in [6.45, 7) is 15.2. The first kappa shape index (κ1) is 36.4. The Kier molecular flexibility index (Phi) is 20.3. The molecule has 0 spiro atoms. The van der Waals surface area contributed by atoms with Crippen molar-refractivity contribution in [1.82, 2.24) is 15.3 Å². The molecule has 2 heterocycles. The summed E-state index contributed by atoms with van der Waals surface area (Å²) in [6, 6.07) is 16.9. The zero-order valence-electron chi connectivity index (χ0n) is 24.7. The lowest BCUT2D eigenvalue weighted by atomic mass is 10.1. The van der Waals surface area contributed by atoms with Crippen LogP contribution in [0.4, 0.5) is 0 Å². The molecule has 0 aliphatic carbocycles. The second-order valence-corrected chi connectivity index (χ2v) is 9.65. The molecule has 40 heavy (non-hydrogen) atoms. The predicted octanol–water partition coefficient (Wildman–Crippen LogP) is 5.82. The van der Waals surface area contributed by atoms with Gasteiger partial charge in [0.05, 0.1) is 0 Å². The lowest BCUT2D eigenvalue weighted by Gasteiger charge is -2.09. The second-order valence-electron chi connectivity index (χ2n) is 9.65. The molecule has 4 rings (SSSR count). The standard InChI is InChI=1S/C15H20N2O.C9H7NO.C5H13N.C2H6O.CH2O/c1-11(2)7-9-16-10-13-6-5-12-4-3-8-17-14(12)15(13)18;11-8-5-1-3-7-4-2-6-10-9(7)8;1-5(2)3-4-6;1-2-3;1-2/h3-6,8,11,16,18H,7,9-10H2,1-2H3;1-6,11H;5H,3-4,6H2,1-2H3;3H,2H2,1H3;1H2. The number of phenolic OH excluding ortho intramolecular Hbond substituents is 2. The highest BCUT2D eigenvalue weighted by molar-refractivity contribution is 5.85. The molecule has 4 aromatic rings. The number of aromatic nitrogens is 2. The molecule has 6 N–H and O–H groups in total. The van der Waals surface area contributed by atoms with E-state index < -0.39 is 0 Å². The van der Waals surface area contributed by atoms with E-state index >= 15 is 0 Å². The fourth-order valence-electron chi connectivity index (χ4n) is 3.35. The summed E-state index contributed by atoms with van der Waals surface area (Å²) in [4.78, 5) is 16.3. The molecule has 0 saturated carbocycles. The van der Waals surface area contributed by atoms with Crippen LogP contribution in [-0.2, 0) is 11.3 Å². The van der Waals surface area contributed by atoms with Crippen molar-refractivity contribution in [2.24, 2.45) is 17.6 Å². The minimum Gasteiger partial charge on any atom is -0.506 e. The third kappa shape index (κ3) is 14.5. The number of nitrogens with two attached hydrogens (primary N) is 1. The van der Waals surface area contributed by atoms with Gasteiger partial charge >= 0.3 is 0 Å². The number of para-hydroxylation sites is 1. The molecule has 0 aliphatic rings. The molecule has 0 saturated heterocycles. The van der Waals surface area contributed by atoms with Crippen LogP contribution < -0.4 is 11.1 Å². The molecular formula is C32H48N4O4. The van der Waals surface area contributed by atoms with E-state index in [4.69, 9.17) is 15.6 Å². The van der Waals surface area contributed by atoms with Gasteiger partial charge in [-0.05, 0) is 62.9 Å². The van der Waals surface area contributed by atoms with Crippen LogP contribution in [0.25, 0.3) is 21.8 Å². The third-order valence-electron chi connectivity index (χ3n) is 5.40. The molecule has 2 aromatic carbocycles. The predicted molar refractivity (Wildman–Crippen MR) is 166 cm³/mol. The Hall–Kier alpha value is -3.59. The number of nitrogens with one attached hydrogen (secondary N) is 1. The van der Waals surface area contributed by atoms with E-state index in [1.807, 2.05) is 49.3 Å². The first-order chi connectivity index (χ1) is 19.2. The molecule has 0 fully saturated rings. The Morgan fingerprint density at radius 2 is 1.35 bits per heavy atom. The quantitative estimate of drug-likeness (QED) is 0.181. The maximum absolute atomic E-state index is 10.2. The lowest BCUT2D eigenvalue weighted by Crippen LogP contribution is -2.16. The average molecular weight is 553 g/mol. The van der Waals surface area contributed by atoms with Gasteiger partial charge in [-0.3, -0.25) is 9.97 Å². The van der Waals surface area contributed by atoms with E-state index in [0.29, 0.717) is 29.2 Å². The van der Waals surface area contributed by atoms with Crippen molar-refractivity contribution >= 4 is 28.6 Å². The summed E-state index contributed by atoms with van der Waals surface area (Å²) >= 11 is 0. The van der Waals surface area contributed by atoms with E-state index in [1.165, 1.54) is 0 Å². The SMILES string of the molecule is C=O.CC(C)CCN.CC(C)CCNCc1ccc2cccnc2c1O.CCO.Oc1cccc2cccnc12. The van der Waals surface area contributed by atoms with Gasteiger partial charge in [-0.2, -0.15) is 0 Å². The van der Waals surface area contributed by atoms with Crippen LogP contribution in [0.2, 0.25) is 0 Å². The molecule has 8 heteroatoms. The summed E-state index contributed by atoms with van der Waals surface area (Å²) in [5.41, 5.74) is 7.48. The molecular weight excluding hydrogens is 504 g/mol. The Labute approximate surface area is 239 Å². The van der Waals surface area contributed by atoms with Crippen molar-refractivity contribution in [3.63, 3.8) is 0 Å². The minimum atomic E-state index is 0.239. The van der Waals surface area contributed by atoms with Gasteiger partial charge in [0.2, 0.25) is 0 Å². The van der Waals surface area contributed by atoms with E-state index in [-0.39, 0.29) is 12.4 Å². The largest absolute Gasteiger partial charge is 0.506 e. The number of hydrogen-bond acceptors (Lipinski definition) is 8. The number of fused-ring (bicyclic) bond motifs is 2. The maximum atomic E-state index is 10.2. The lowest BCUT2D eigenvalue weighted by molar-refractivity contribution is -0.0980. The maximum Gasteiger partial charge on any atom is 0.146 e. The number of hydrogen-bond donors (Lipinski definition) is 5. The number of benzene rings is 2.